The van der Waals surface area contributed by atoms with Crippen molar-refractivity contribution < 1.29 is 43.3 Å². The standard InChI is InChI=1S/C40H53N5O5S2.C16H27N3O4S.I2/c1-28(2)37-42-33(26-51-37)23-45(6)38(47)44-35(25-50-40(3,4)5)36(46)21-31(19-29-13-9-7-10-14-29)17-18-32(20-30-15-11-8-12-16-30)43-39(48)49-24-34-22-41-27-52-34;1-10(2)13-17-11(9-24-13)7-19(6)15(22)18-12(14(20)21)8-23-16(3,4)5;1-2/h7-16,22,26-28,31-32,35H,17-21,23-25H2,1-6H3,(H,43,48)(H,44,47);9-10,12H,7-8H2,1-6H3,(H,18,22)(H,20,21);/t31-,32-,35+;12-;/m10./s1. The molecule has 0 bridgehead atoms. The Morgan fingerprint density at radius 3 is 1.58 bits per heavy atom. The minimum Gasteiger partial charge on any atom is -0.480 e. The van der Waals surface area contributed by atoms with Crippen LogP contribution in [0.25, 0.3) is 0 Å². The Hall–Kier alpha value is -4.34. The summed E-state index contributed by atoms with van der Waals surface area (Å²) < 4.78 is 17.0. The lowest BCUT2D eigenvalue weighted by atomic mass is 9.86. The van der Waals surface area contributed by atoms with E-state index >= 15 is 0 Å². The minimum atomic E-state index is -1.13. The summed E-state index contributed by atoms with van der Waals surface area (Å²) in [6.45, 7) is 20.3. The zero-order chi connectivity index (χ0) is 58.0. The topological polar surface area (TPSA) is 215 Å². The lowest BCUT2D eigenvalue weighted by Gasteiger charge is -2.28. The number of alkyl carbamates (subject to hydrolysis) is 1. The van der Waals surface area contributed by atoms with E-state index in [1.54, 1.807) is 53.4 Å². The number of halogens is 2. The number of nitrogens with zero attached hydrogens (tertiary/aromatic N) is 5. The summed E-state index contributed by atoms with van der Waals surface area (Å²) in [6, 6.07) is 17.1. The minimum absolute atomic E-state index is 0.0535. The third kappa shape index (κ3) is 27.2. The lowest BCUT2D eigenvalue weighted by molar-refractivity contribution is -0.142. The number of carboxylic acid groups (broad SMARTS) is 1. The number of hydrogen-bond donors (Lipinski definition) is 4. The van der Waals surface area contributed by atoms with Crippen LogP contribution in [0, 0.1) is 5.92 Å². The molecule has 0 unspecified atom stereocenters. The molecule has 4 atom stereocenters. The van der Waals surface area contributed by atoms with Crippen LogP contribution in [0.3, 0.4) is 0 Å². The van der Waals surface area contributed by atoms with Crippen LogP contribution in [0.4, 0.5) is 14.4 Å². The van der Waals surface area contributed by atoms with Crippen molar-refractivity contribution in [2.45, 2.75) is 162 Å². The van der Waals surface area contributed by atoms with Crippen LogP contribution in [0.1, 0.15) is 138 Å². The van der Waals surface area contributed by atoms with Gasteiger partial charge in [0.15, 0.2) is 11.8 Å². The number of carbonyl (C=O) groups excluding carboxylic acids is 4. The number of ketones is 1. The number of carbonyl (C=O) groups is 5. The number of ether oxygens (including phenoxy) is 3. The molecule has 22 heteroatoms. The number of thiazole rings is 3. The second-order valence-electron chi connectivity index (χ2n) is 21.4. The van der Waals surface area contributed by atoms with Gasteiger partial charge in [-0.15, -0.1) is 34.0 Å². The third-order valence-corrected chi connectivity index (χ3v) is 14.7. The number of rotatable bonds is 26. The predicted octanol–water partition coefficient (Wildman–Crippen LogP) is 12.6. The van der Waals surface area contributed by atoms with Crippen molar-refractivity contribution in [1.29, 1.82) is 0 Å². The van der Waals surface area contributed by atoms with Gasteiger partial charge in [0.2, 0.25) is 0 Å². The number of Topliss-reactive ketones (excluding diaryl/α,β-unsaturated/α-hetero) is 1. The van der Waals surface area contributed by atoms with E-state index < -0.39 is 41.4 Å². The van der Waals surface area contributed by atoms with Crippen molar-refractivity contribution in [2.24, 2.45) is 5.92 Å². The van der Waals surface area contributed by atoms with Crippen LogP contribution in [0.5, 0.6) is 0 Å². The molecule has 5 aromatic rings. The van der Waals surface area contributed by atoms with Gasteiger partial charge in [0.05, 0.1) is 69.3 Å². The van der Waals surface area contributed by atoms with E-state index in [9.17, 15) is 29.1 Å². The quantitative estimate of drug-likeness (QED) is 0.0381. The fourth-order valence-corrected chi connectivity index (χ4v) is 9.55. The maximum atomic E-state index is 14.1. The number of aliphatic carboxylic acids is 1. The molecule has 0 saturated carbocycles. The number of nitrogens with one attached hydrogen (secondary N) is 3. The predicted molar refractivity (Wildman–Crippen MR) is 329 cm³/mol. The fraction of sp³-hybridized carbons (Fsp3) is 0.536. The number of benzene rings is 2. The summed E-state index contributed by atoms with van der Waals surface area (Å²) in [4.78, 5) is 81.0. The third-order valence-electron chi connectivity index (χ3n) is 11.5. The maximum absolute atomic E-state index is 14.1. The summed E-state index contributed by atoms with van der Waals surface area (Å²) in [5.41, 5.74) is 4.54. The highest BCUT2D eigenvalue weighted by molar-refractivity contribution is 15.0. The van der Waals surface area contributed by atoms with E-state index in [0.29, 0.717) is 50.6 Å². The first-order chi connectivity index (χ1) is 36.8. The molecule has 430 valence electrons. The van der Waals surface area contributed by atoms with Gasteiger partial charge in [0.25, 0.3) is 0 Å². The van der Waals surface area contributed by atoms with Gasteiger partial charge in [-0.25, -0.2) is 29.1 Å². The van der Waals surface area contributed by atoms with Crippen molar-refractivity contribution >= 4 is 101 Å². The first kappa shape index (κ1) is 67.9. The number of carboxylic acids is 1. The summed E-state index contributed by atoms with van der Waals surface area (Å²) in [7, 11) is 3.31. The molecule has 3 heterocycles. The van der Waals surface area contributed by atoms with Crippen LogP contribution < -0.4 is 16.0 Å². The van der Waals surface area contributed by atoms with Gasteiger partial charge in [0.1, 0.15) is 12.6 Å². The Kier molecular flexibility index (Phi) is 30.2. The summed E-state index contributed by atoms with van der Waals surface area (Å²) in [5.74, 6) is -0.630. The lowest BCUT2D eigenvalue weighted by Crippen LogP contribution is -2.50. The molecule has 78 heavy (non-hydrogen) atoms. The van der Waals surface area contributed by atoms with Gasteiger partial charge in [-0.05, 0) is 84.3 Å². The zero-order valence-corrected chi connectivity index (χ0v) is 53.8. The molecular weight excluding hydrogens is 1280 g/mol. The van der Waals surface area contributed by atoms with Crippen LogP contribution in [0.15, 0.2) is 83.1 Å². The molecule has 0 radical (unpaired) electrons. The fourth-order valence-electron chi connectivity index (χ4n) is 7.40. The molecule has 5 amide bonds. The second-order valence-corrected chi connectivity index (χ2v) is 24.2. The number of aromatic nitrogens is 3. The molecule has 4 N–H and O–H groups in total. The Morgan fingerprint density at radius 1 is 0.667 bits per heavy atom. The van der Waals surface area contributed by atoms with Crippen molar-refractivity contribution in [3.8, 4) is 0 Å². The summed E-state index contributed by atoms with van der Waals surface area (Å²) in [6.07, 6.45) is 4.00. The number of amides is 5. The second kappa shape index (κ2) is 34.7. The molecule has 0 aliphatic rings. The molecule has 0 saturated heterocycles. The highest BCUT2D eigenvalue weighted by Gasteiger charge is 2.29. The number of urea groups is 2. The molecule has 5 rings (SSSR count). The van der Waals surface area contributed by atoms with Crippen LogP contribution in [0.2, 0.25) is 0 Å². The summed E-state index contributed by atoms with van der Waals surface area (Å²) in [5, 5.41) is 23.7. The van der Waals surface area contributed by atoms with Gasteiger partial charge < -0.3 is 45.1 Å². The van der Waals surface area contributed by atoms with Crippen LogP contribution in [-0.2, 0) is 56.3 Å². The first-order valence-electron chi connectivity index (χ1n) is 25.8. The van der Waals surface area contributed by atoms with Crippen LogP contribution in [-0.4, -0.2) is 116 Å². The maximum Gasteiger partial charge on any atom is 0.407 e. The molecule has 3 aromatic heterocycles. The zero-order valence-electron chi connectivity index (χ0n) is 47.0. The van der Waals surface area contributed by atoms with Crippen molar-refractivity contribution in [3.05, 3.63) is 121 Å². The average molecular weight is 1360 g/mol. The van der Waals surface area contributed by atoms with Gasteiger partial charge in [-0.2, -0.15) is 0 Å². The molecule has 0 aliphatic carbocycles. The van der Waals surface area contributed by atoms with E-state index in [-0.39, 0.29) is 50.0 Å². The van der Waals surface area contributed by atoms with Crippen molar-refractivity contribution in [1.82, 2.24) is 40.7 Å². The van der Waals surface area contributed by atoms with Crippen molar-refractivity contribution in [2.75, 3.05) is 27.3 Å². The monoisotopic (exact) mass is 1360 g/mol. The highest BCUT2D eigenvalue weighted by Crippen LogP contribution is 2.24. The molecular formula is C56H80I2N8O9S3. The van der Waals surface area contributed by atoms with Gasteiger partial charge in [0, 0.05) is 92.6 Å². The van der Waals surface area contributed by atoms with Gasteiger partial charge in [-0.3, -0.25) is 9.78 Å². The van der Waals surface area contributed by atoms with E-state index in [2.05, 4.69) is 108 Å². The highest BCUT2D eigenvalue weighted by atomic mass is 128. The molecule has 2 aromatic carbocycles. The molecule has 0 aliphatic heterocycles. The van der Waals surface area contributed by atoms with E-state index in [0.717, 1.165) is 37.4 Å². The number of hydrogen-bond acceptors (Lipinski definition) is 14. The Bertz CT molecular complexity index is 2540. The average Bonchev–Trinajstić information content (AvgIpc) is 4.20. The Labute approximate surface area is 497 Å². The van der Waals surface area contributed by atoms with Crippen molar-refractivity contribution in [3.63, 3.8) is 0 Å². The largest absolute Gasteiger partial charge is 0.480 e. The molecule has 0 fully saturated rings. The Balaban J connectivity index is 0.000000515. The van der Waals surface area contributed by atoms with Gasteiger partial charge >= 0.3 is 24.1 Å². The molecule has 0 spiro atoms. The normalized spacial score (nSPS) is 12.9. The van der Waals surface area contributed by atoms with E-state index in [1.807, 2.05) is 101 Å². The smallest absolute Gasteiger partial charge is 0.407 e. The summed E-state index contributed by atoms with van der Waals surface area (Å²) >= 11 is 8.81. The van der Waals surface area contributed by atoms with E-state index in [4.69, 9.17) is 14.2 Å². The van der Waals surface area contributed by atoms with E-state index in [1.165, 1.54) is 16.2 Å². The Morgan fingerprint density at radius 2 is 1.14 bits per heavy atom. The van der Waals surface area contributed by atoms with Gasteiger partial charge in [-0.1, -0.05) is 88.4 Å². The first-order valence-corrected chi connectivity index (χ1v) is 34.7. The molecule has 17 nitrogen and oxygen atoms in total. The SMILES string of the molecule is CC(C)c1nc(CN(C)C(=O)N[C@@H](COC(C)(C)C)C(=O)C[C@H](CC[C@H](Cc2ccccc2)NC(=O)OCc2cncs2)Cc2ccccc2)cs1.CC(C)c1nc(CN(C)C(=O)N[C@@H](COC(C)(C)C)C(=O)O)cs1.II. The van der Waals surface area contributed by atoms with Crippen LogP contribution >= 0.6 is 71.2 Å².